The number of hydrogen-bond acceptors (Lipinski definition) is 6. The highest BCUT2D eigenvalue weighted by Gasteiger charge is 2.56. The Bertz CT molecular complexity index is 1570. The first-order chi connectivity index (χ1) is 18.7. The van der Waals surface area contributed by atoms with E-state index in [0.717, 1.165) is 11.1 Å². The smallest absolute Gasteiger partial charge is 0.238 e. The molecular weight excluding hydrogens is 494 g/mol. The Hall–Kier alpha value is -4.52. The molecule has 1 heterocycles. The number of benzene rings is 2. The second-order valence-corrected chi connectivity index (χ2v) is 10.5. The van der Waals surface area contributed by atoms with Crippen molar-refractivity contribution in [1.29, 1.82) is 0 Å². The molecule has 7 nitrogen and oxygen atoms in total. The largest absolute Gasteiger partial charge is 0.507 e. The summed E-state index contributed by atoms with van der Waals surface area (Å²) in [6.45, 7) is 5.36. The molecule has 2 aromatic rings. The average Bonchev–Trinajstić information content (AvgIpc) is 3.20. The van der Waals surface area contributed by atoms with Crippen LogP contribution in [0.1, 0.15) is 36.8 Å². The van der Waals surface area contributed by atoms with Gasteiger partial charge in [-0.15, -0.1) is 0 Å². The van der Waals surface area contributed by atoms with Crippen LogP contribution in [0, 0.1) is 17.8 Å². The number of nitrogens with zero attached hydrogens (tertiary/aromatic N) is 1. The fourth-order valence-electron chi connectivity index (χ4n) is 6.65. The molecule has 0 spiro atoms. The summed E-state index contributed by atoms with van der Waals surface area (Å²) >= 11 is 0. The van der Waals surface area contributed by atoms with Gasteiger partial charge in [0, 0.05) is 34.3 Å². The predicted molar refractivity (Wildman–Crippen MR) is 145 cm³/mol. The second kappa shape index (κ2) is 9.05. The number of fused-ring (bicyclic) bond motifs is 3. The summed E-state index contributed by atoms with van der Waals surface area (Å²) in [5, 5.41) is 11.0. The zero-order valence-electron chi connectivity index (χ0n) is 21.6. The Morgan fingerprint density at radius 2 is 1.77 bits per heavy atom. The number of phenolic OH excluding ortho intramolecular Hbond substituents is 1. The summed E-state index contributed by atoms with van der Waals surface area (Å²) in [5.41, 5.74) is 3.65. The molecule has 2 aromatic carbocycles. The summed E-state index contributed by atoms with van der Waals surface area (Å²) in [6, 6.07) is 11.9. The van der Waals surface area contributed by atoms with Gasteiger partial charge in [-0.3, -0.25) is 24.1 Å². The minimum Gasteiger partial charge on any atom is -0.507 e. The Morgan fingerprint density at radius 3 is 2.44 bits per heavy atom. The Labute approximate surface area is 225 Å². The standard InChI is InChI=1S/C32H27NO6/c1-4-17-5-7-18(8-6-17)33-31(37)22-12-11-20-23(28(22)32(33)38)15-24-29(26(35)13-16(2)30(24)36)27(20)21-10-9-19(39-3)14-25(21)34/h4-11,13-14,22-23,27-28,34H,1,12,15H2,2-3H3. The van der Waals surface area contributed by atoms with Gasteiger partial charge >= 0.3 is 0 Å². The van der Waals surface area contributed by atoms with Gasteiger partial charge in [0.25, 0.3) is 0 Å². The van der Waals surface area contributed by atoms with Crippen LogP contribution < -0.4 is 9.64 Å². The van der Waals surface area contributed by atoms with Gasteiger partial charge in [0.15, 0.2) is 11.6 Å². The first kappa shape index (κ1) is 24.8. The highest BCUT2D eigenvalue weighted by Crippen LogP contribution is 2.56. The van der Waals surface area contributed by atoms with Crippen molar-refractivity contribution in [2.24, 2.45) is 17.8 Å². The number of carbonyl (C=O) groups is 4. The number of carbonyl (C=O) groups excluding carboxylic acids is 4. The number of amides is 2. The molecule has 1 saturated heterocycles. The van der Waals surface area contributed by atoms with Crippen molar-refractivity contribution in [1.82, 2.24) is 0 Å². The van der Waals surface area contributed by atoms with E-state index in [1.165, 1.54) is 24.2 Å². The minimum atomic E-state index is -0.713. The molecule has 2 amide bonds. The molecule has 1 fully saturated rings. The van der Waals surface area contributed by atoms with Crippen LogP contribution in [0.2, 0.25) is 0 Å². The van der Waals surface area contributed by atoms with Crippen molar-refractivity contribution < 1.29 is 29.0 Å². The molecule has 4 unspecified atom stereocenters. The van der Waals surface area contributed by atoms with Crippen LogP contribution in [0.4, 0.5) is 5.69 Å². The number of phenols is 1. The van der Waals surface area contributed by atoms with Gasteiger partial charge in [-0.2, -0.15) is 0 Å². The number of anilines is 1. The van der Waals surface area contributed by atoms with Crippen molar-refractivity contribution in [3.05, 3.63) is 94.6 Å². The monoisotopic (exact) mass is 521 g/mol. The van der Waals surface area contributed by atoms with Gasteiger partial charge in [-0.25, -0.2) is 0 Å². The van der Waals surface area contributed by atoms with Crippen LogP contribution in [0.5, 0.6) is 11.5 Å². The maximum absolute atomic E-state index is 13.9. The lowest BCUT2D eigenvalue weighted by Crippen LogP contribution is -2.39. The quantitative estimate of drug-likeness (QED) is 0.356. The van der Waals surface area contributed by atoms with E-state index in [9.17, 15) is 24.3 Å². The minimum absolute atomic E-state index is 0.0702. The van der Waals surface area contributed by atoms with Crippen molar-refractivity contribution >= 4 is 35.1 Å². The van der Waals surface area contributed by atoms with E-state index < -0.39 is 23.7 Å². The fraction of sp³-hybridized carbons (Fsp3) is 0.250. The summed E-state index contributed by atoms with van der Waals surface area (Å²) in [4.78, 5) is 55.5. The van der Waals surface area contributed by atoms with E-state index in [2.05, 4.69) is 6.58 Å². The first-order valence-corrected chi connectivity index (χ1v) is 12.9. The molecule has 1 aliphatic heterocycles. The van der Waals surface area contributed by atoms with E-state index >= 15 is 0 Å². The van der Waals surface area contributed by atoms with E-state index in [1.807, 2.05) is 6.08 Å². The van der Waals surface area contributed by atoms with Crippen LogP contribution >= 0.6 is 0 Å². The topological polar surface area (TPSA) is 101 Å². The van der Waals surface area contributed by atoms with E-state index in [1.54, 1.807) is 49.4 Å². The van der Waals surface area contributed by atoms with Crippen LogP contribution in [-0.4, -0.2) is 35.6 Å². The third kappa shape index (κ3) is 3.64. The second-order valence-electron chi connectivity index (χ2n) is 10.5. The van der Waals surface area contributed by atoms with Crippen LogP contribution in [0.3, 0.4) is 0 Å². The SMILES string of the molecule is C=Cc1ccc(N2C(=O)C3CC=C4C(c5ccc(OC)cc5O)C5=C(CC4C3C2=O)C(=O)C(C)=CC5=O)cc1. The summed E-state index contributed by atoms with van der Waals surface area (Å²) in [6.07, 6.45) is 5.49. The third-order valence-electron chi connectivity index (χ3n) is 8.50. The molecular formula is C32H27NO6. The third-order valence-corrected chi connectivity index (χ3v) is 8.50. The molecule has 196 valence electrons. The number of aromatic hydroxyl groups is 1. The Balaban J connectivity index is 1.48. The fourth-order valence-corrected chi connectivity index (χ4v) is 6.65. The Kier molecular flexibility index (Phi) is 5.75. The van der Waals surface area contributed by atoms with Crippen molar-refractivity contribution in [3.63, 3.8) is 0 Å². The lowest BCUT2D eigenvalue weighted by Gasteiger charge is -2.42. The molecule has 7 heteroatoms. The van der Waals surface area contributed by atoms with Gasteiger partial charge in [0.2, 0.25) is 11.8 Å². The first-order valence-electron chi connectivity index (χ1n) is 12.9. The molecule has 3 aliphatic carbocycles. The lowest BCUT2D eigenvalue weighted by atomic mass is 9.59. The highest BCUT2D eigenvalue weighted by molar-refractivity contribution is 6.25. The zero-order chi connectivity index (χ0) is 27.6. The summed E-state index contributed by atoms with van der Waals surface area (Å²) in [5.74, 6) is -3.13. The van der Waals surface area contributed by atoms with E-state index in [4.69, 9.17) is 4.74 Å². The number of imide groups is 1. The number of ether oxygens (including phenoxy) is 1. The number of ketones is 2. The molecule has 4 aliphatic rings. The molecule has 6 rings (SSSR count). The zero-order valence-corrected chi connectivity index (χ0v) is 21.6. The average molecular weight is 522 g/mol. The molecule has 0 aromatic heterocycles. The van der Waals surface area contributed by atoms with Gasteiger partial charge in [-0.05, 0) is 55.5 Å². The van der Waals surface area contributed by atoms with Crippen molar-refractivity contribution in [3.8, 4) is 11.5 Å². The number of hydrogen-bond donors (Lipinski definition) is 1. The normalized spacial score (nSPS) is 26.1. The maximum Gasteiger partial charge on any atom is 0.238 e. The van der Waals surface area contributed by atoms with E-state index in [-0.39, 0.29) is 35.6 Å². The molecule has 0 radical (unpaired) electrons. The van der Waals surface area contributed by atoms with Gasteiger partial charge < -0.3 is 9.84 Å². The van der Waals surface area contributed by atoms with Crippen LogP contribution in [-0.2, 0) is 19.2 Å². The summed E-state index contributed by atoms with van der Waals surface area (Å²) in [7, 11) is 1.49. The number of methoxy groups -OCH3 is 1. The van der Waals surface area contributed by atoms with Crippen LogP contribution in [0.15, 0.2) is 83.5 Å². The molecule has 39 heavy (non-hydrogen) atoms. The Morgan fingerprint density at radius 1 is 1.03 bits per heavy atom. The van der Waals surface area contributed by atoms with Crippen molar-refractivity contribution in [2.45, 2.75) is 25.7 Å². The van der Waals surface area contributed by atoms with Crippen LogP contribution in [0.25, 0.3) is 6.08 Å². The molecule has 1 N–H and O–H groups in total. The van der Waals surface area contributed by atoms with Gasteiger partial charge in [0.1, 0.15) is 11.5 Å². The highest BCUT2D eigenvalue weighted by atomic mass is 16.5. The molecule has 0 bridgehead atoms. The lowest BCUT2D eigenvalue weighted by molar-refractivity contribution is -0.123. The summed E-state index contributed by atoms with van der Waals surface area (Å²) < 4.78 is 5.24. The molecule has 0 saturated carbocycles. The van der Waals surface area contributed by atoms with Gasteiger partial charge in [0.05, 0.1) is 24.6 Å². The number of Topliss-reactive ketones (excluding diaryl/α,β-unsaturated/α-hetero) is 1. The van der Waals surface area contributed by atoms with Gasteiger partial charge in [-0.1, -0.05) is 42.5 Å². The molecule has 4 atom stereocenters. The maximum atomic E-state index is 13.9. The number of allylic oxidation sites excluding steroid dienone is 6. The number of rotatable bonds is 4. The predicted octanol–water partition coefficient (Wildman–Crippen LogP) is 4.68. The van der Waals surface area contributed by atoms with Crippen molar-refractivity contribution in [2.75, 3.05) is 12.0 Å². The van der Waals surface area contributed by atoms with E-state index in [0.29, 0.717) is 40.1 Å².